The number of nitrogens with two attached hydrogens (primary N) is 1. The topological polar surface area (TPSA) is 68.9 Å². The number of hydrogen-bond donors (Lipinski definition) is 2. The van der Waals surface area contributed by atoms with Gasteiger partial charge in [0.2, 0.25) is 0 Å². The maximum Gasteiger partial charge on any atom is 0.193 e. The van der Waals surface area contributed by atoms with E-state index < -0.39 is 0 Å². The van der Waals surface area contributed by atoms with Crippen molar-refractivity contribution < 1.29 is 9.47 Å². The van der Waals surface area contributed by atoms with Crippen LogP contribution in [0.4, 0.5) is 5.69 Å². The molecule has 0 aliphatic heterocycles. The normalized spacial score (nSPS) is 11.6. The van der Waals surface area contributed by atoms with Crippen molar-refractivity contribution >= 4 is 23.2 Å². The monoisotopic (exact) mass is 271 g/mol. The van der Waals surface area contributed by atoms with Gasteiger partial charge in [-0.3, -0.25) is 4.99 Å². The fourth-order valence-electron chi connectivity index (χ4n) is 1.41. The van der Waals surface area contributed by atoms with Gasteiger partial charge in [-0.1, -0.05) is 11.6 Å². The second-order valence-electron chi connectivity index (χ2n) is 3.92. The Labute approximate surface area is 112 Å². The van der Waals surface area contributed by atoms with Gasteiger partial charge in [0.15, 0.2) is 5.96 Å². The van der Waals surface area contributed by atoms with Crippen LogP contribution in [-0.4, -0.2) is 26.2 Å². The van der Waals surface area contributed by atoms with Crippen LogP contribution in [0.5, 0.6) is 11.5 Å². The molecule has 0 aromatic heterocycles. The van der Waals surface area contributed by atoms with Crippen LogP contribution in [0.15, 0.2) is 17.1 Å². The summed E-state index contributed by atoms with van der Waals surface area (Å²) >= 11 is 6.05. The Bertz CT molecular complexity index is 447. The summed E-state index contributed by atoms with van der Waals surface area (Å²) in [6, 6.07) is 3.48. The molecule has 18 heavy (non-hydrogen) atoms. The van der Waals surface area contributed by atoms with Gasteiger partial charge in [0.1, 0.15) is 11.5 Å². The number of ether oxygens (including phenoxy) is 2. The van der Waals surface area contributed by atoms with Crippen molar-refractivity contribution in [3.8, 4) is 11.5 Å². The van der Waals surface area contributed by atoms with Crippen LogP contribution in [0.3, 0.4) is 0 Å². The third-order valence-corrected chi connectivity index (χ3v) is 2.43. The second-order valence-corrected chi connectivity index (χ2v) is 4.33. The highest BCUT2D eigenvalue weighted by molar-refractivity contribution is 6.32. The molecule has 6 heteroatoms. The molecule has 0 amide bonds. The molecule has 0 aliphatic carbocycles. The van der Waals surface area contributed by atoms with Gasteiger partial charge in [0.05, 0.1) is 24.9 Å². The first kappa shape index (κ1) is 14.4. The molecule has 0 bridgehead atoms. The zero-order valence-corrected chi connectivity index (χ0v) is 11.7. The van der Waals surface area contributed by atoms with Gasteiger partial charge < -0.3 is 20.5 Å². The molecule has 0 radical (unpaired) electrons. The fourth-order valence-corrected chi connectivity index (χ4v) is 1.65. The minimum Gasteiger partial charge on any atom is -0.495 e. The highest BCUT2D eigenvalue weighted by Crippen LogP contribution is 2.35. The molecule has 1 rings (SSSR count). The third-order valence-electron chi connectivity index (χ3n) is 2.13. The summed E-state index contributed by atoms with van der Waals surface area (Å²) in [6.07, 6.45) is 0. The van der Waals surface area contributed by atoms with Crippen molar-refractivity contribution in [2.24, 2.45) is 10.7 Å². The average molecular weight is 272 g/mol. The Hall–Kier alpha value is -1.62. The Morgan fingerprint density at radius 3 is 2.39 bits per heavy atom. The summed E-state index contributed by atoms with van der Waals surface area (Å²) < 4.78 is 10.3. The molecule has 3 N–H and O–H groups in total. The lowest BCUT2D eigenvalue weighted by molar-refractivity contribution is 0.396. The summed E-state index contributed by atoms with van der Waals surface area (Å²) in [5.41, 5.74) is 6.40. The smallest absolute Gasteiger partial charge is 0.193 e. The molecule has 0 fully saturated rings. The van der Waals surface area contributed by atoms with Crippen LogP contribution < -0.4 is 20.5 Å². The van der Waals surface area contributed by atoms with E-state index in [0.717, 1.165) is 0 Å². The Morgan fingerprint density at radius 1 is 1.28 bits per heavy atom. The van der Waals surface area contributed by atoms with E-state index in [0.29, 0.717) is 28.2 Å². The molecule has 1 aromatic carbocycles. The lowest BCUT2D eigenvalue weighted by Crippen LogP contribution is -2.24. The van der Waals surface area contributed by atoms with Gasteiger partial charge in [-0.2, -0.15) is 0 Å². The van der Waals surface area contributed by atoms with E-state index in [1.807, 2.05) is 13.8 Å². The molecule has 0 saturated heterocycles. The number of aliphatic imine (C=N–C) groups is 1. The predicted molar refractivity (Wildman–Crippen MR) is 74.9 cm³/mol. The number of nitrogens with one attached hydrogen (secondary N) is 1. The first-order valence-corrected chi connectivity index (χ1v) is 5.87. The van der Waals surface area contributed by atoms with Crippen LogP contribution in [-0.2, 0) is 0 Å². The highest BCUT2D eigenvalue weighted by Gasteiger charge is 2.10. The van der Waals surface area contributed by atoms with Crippen molar-refractivity contribution in [1.82, 2.24) is 0 Å². The second kappa shape index (κ2) is 6.35. The van der Waals surface area contributed by atoms with Crippen LogP contribution in [0, 0.1) is 0 Å². The summed E-state index contributed by atoms with van der Waals surface area (Å²) in [5, 5.41) is 3.42. The number of halogens is 1. The lowest BCUT2D eigenvalue weighted by Gasteiger charge is -2.13. The molecular weight excluding hydrogens is 254 g/mol. The number of guanidine groups is 1. The highest BCUT2D eigenvalue weighted by atomic mass is 35.5. The maximum atomic E-state index is 6.05. The quantitative estimate of drug-likeness (QED) is 0.652. The van der Waals surface area contributed by atoms with E-state index in [2.05, 4.69) is 10.3 Å². The van der Waals surface area contributed by atoms with E-state index in [1.54, 1.807) is 26.4 Å². The lowest BCUT2D eigenvalue weighted by atomic mass is 10.2. The largest absolute Gasteiger partial charge is 0.495 e. The van der Waals surface area contributed by atoms with Crippen molar-refractivity contribution in [1.29, 1.82) is 0 Å². The zero-order valence-electron chi connectivity index (χ0n) is 11.0. The molecule has 0 spiro atoms. The fraction of sp³-hybridized carbons (Fsp3) is 0.417. The van der Waals surface area contributed by atoms with E-state index in [4.69, 9.17) is 26.8 Å². The molecular formula is C12H18ClN3O2. The van der Waals surface area contributed by atoms with E-state index in [9.17, 15) is 0 Å². The molecule has 100 valence electrons. The van der Waals surface area contributed by atoms with E-state index >= 15 is 0 Å². The first-order valence-electron chi connectivity index (χ1n) is 5.49. The number of anilines is 1. The molecule has 0 saturated carbocycles. The summed E-state index contributed by atoms with van der Waals surface area (Å²) in [5.74, 6) is 1.43. The molecule has 5 nitrogen and oxygen atoms in total. The van der Waals surface area contributed by atoms with Crippen LogP contribution >= 0.6 is 11.6 Å². The van der Waals surface area contributed by atoms with E-state index in [-0.39, 0.29) is 6.04 Å². The molecule has 1 aromatic rings. The Balaban J connectivity index is 3.05. The van der Waals surface area contributed by atoms with Crippen LogP contribution in [0.2, 0.25) is 5.02 Å². The summed E-state index contributed by atoms with van der Waals surface area (Å²) in [7, 11) is 3.10. The molecule has 0 unspecified atom stereocenters. The molecule has 0 atom stereocenters. The predicted octanol–water partition coefficient (Wildman–Crippen LogP) is 2.49. The Kier molecular flexibility index (Phi) is 5.09. The third kappa shape index (κ3) is 3.70. The van der Waals surface area contributed by atoms with Gasteiger partial charge in [-0.25, -0.2) is 0 Å². The SMILES string of the molecule is COc1cc(OC)c(NC(N)=NC(C)C)cc1Cl. The van der Waals surface area contributed by atoms with Crippen molar-refractivity contribution in [3.63, 3.8) is 0 Å². The minimum atomic E-state index is 0.109. The van der Waals surface area contributed by atoms with Crippen molar-refractivity contribution in [2.75, 3.05) is 19.5 Å². The van der Waals surface area contributed by atoms with Crippen LogP contribution in [0.1, 0.15) is 13.8 Å². The number of nitrogens with zero attached hydrogens (tertiary/aromatic N) is 1. The number of hydrogen-bond acceptors (Lipinski definition) is 3. The number of methoxy groups -OCH3 is 2. The van der Waals surface area contributed by atoms with E-state index in [1.165, 1.54) is 0 Å². The van der Waals surface area contributed by atoms with Gasteiger partial charge in [0.25, 0.3) is 0 Å². The van der Waals surface area contributed by atoms with Gasteiger partial charge in [-0.05, 0) is 19.9 Å². The molecule has 0 heterocycles. The Morgan fingerprint density at radius 2 is 1.89 bits per heavy atom. The molecule has 0 aliphatic rings. The zero-order chi connectivity index (χ0) is 13.7. The summed E-state index contributed by atoms with van der Waals surface area (Å²) in [6.45, 7) is 3.87. The number of benzene rings is 1. The van der Waals surface area contributed by atoms with Gasteiger partial charge in [-0.15, -0.1) is 0 Å². The van der Waals surface area contributed by atoms with Gasteiger partial charge in [0, 0.05) is 12.1 Å². The summed E-state index contributed by atoms with van der Waals surface area (Å²) in [4.78, 5) is 4.17. The van der Waals surface area contributed by atoms with Crippen molar-refractivity contribution in [2.45, 2.75) is 19.9 Å². The first-order chi connectivity index (χ1) is 8.47. The van der Waals surface area contributed by atoms with Crippen molar-refractivity contribution in [3.05, 3.63) is 17.2 Å². The standard InChI is InChI=1S/C12H18ClN3O2/c1-7(2)15-12(14)16-9-5-8(13)10(17-3)6-11(9)18-4/h5-7H,1-4H3,(H3,14,15,16). The minimum absolute atomic E-state index is 0.109. The van der Waals surface area contributed by atoms with Crippen LogP contribution in [0.25, 0.3) is 0 Å². The maximum absolute atomic E-state index is 6.05. The average Bonchev–Trinajstić information content (AvgIpc) is 2.28. The number of rotatable bonds is 4. The van der Waals surface area contributed by atoms with Gasteiger partial charge >= 0.3 is 0 Å².